The van der Waals surface area contributed by atoms with E-state index in [9.17, 15) is 5.11 Å². The molecule has 1 fully saturated rings. The monoisotopic (exact) mass is 700 g/mol. The average Bonchev–Trinajstić information content (AvgIpc) is 3.15. The molecule has 6 rings (SSSR count). The van der Waals surface area contributed by atoms with Gasteiger partial charge in [0.25, 0.3) is 5.79 Å². The molecule has 260 valence electrons. The number of halogens is 3. The lowest BCUT2D eigenvalue weighted by Crippen LogP contribution is -2.72. The van der Waals surface area contributed by atoms with Gasteiger partial charge in [-0.2, -0.15) is 8.78 Å². The molecular formula is C41H39ClF2O6. The summed E-state index contributed by atoms with van der Waals surface area (Å²) in [5, 5.41) is 12.7. The van der Waals surface area contributed by atoms with Gasteiger partial charge >= 0.3 is 5.92 Å². The normalized spacial score (nSPS) is 22.3. The van der Waals surface area contributed by atoms with Crippen LogP contribution in [0.4, 0.5) is 8.78 Å². The van der Waals surface area contributed by atoms with Crippen LogP contribution in [-0.4, -0.2) is 41.9 Å². The third-order valence-electron chi connectivity index (χ3n) is 8.60. The Morgan fingerprint density at radius 2 is 1.00 bits per heavy atom. The van der Waals surface area contributed by atoms with Crippen molar-refractivity contribution in [3.05, 3.63) is 178 Å². The first-order valence-electron chi connectivity index (χ1n) is 16.5. The smallest absolute Gasteiger partial charge is 0.328 e. The predicted octanol–water partition coefficient (Wildman–Crippen LogP) is 8.49. The van der Waals surface area contributed by atoms with Gasteiger partial charge in [-0.1, -0.05) is 145 Å². The largest absolute Gasteiger partial charge is 0.374 e. The zero-order valence-electron chi connectivity index (χ0n) is 27.3. The molecule has 0 radical (unpaired) electrons. The highest BCUT2D eigenvalue weighted by Gasteiger charge is 2.68. The Morgan fingerprint density at radius 3 is 1.48 bits per heavy atom. The van der Waals surface area contributed by atoms with Gasteiger partial charge in [-0.25, -0.2) is 0 Å². The molecule has 0 amide bonds. The highest BCUT2D eigenvalue weighted by atomic mass is 35.5. The lowest BCUT2D eigenvalue weighted by molar-refractivity contribution is -0.429. The molecule has 9 heteroatoms. The summed E-state index contributed by atoms with van der Waals surface area (Å²) in [5.41, 5.74) is 2.74. The molecule has 0 aromatic heterocycles. The van der Waals surface area contributed by atoms with E-state index < -0.39 is 41.7 Å². The summed E-state index contributed by atoms with van der Waals surface area (Å²) in [7, 11) is 0. The molecular weight excluding hydrogens is 662 g/mol. The standard InChI is InChI=1S/C41H39ClF2O6/c42-35-23-21-34(22-24-35)40(43,44)41(45)39(49-28-33-19-11-4-12-20-33)38(48-27-32-17-9-3-10-18-32)37(47-26-31-15-7-2-8-16-31)36(50-41)29-46-25-30-13-5-1-6-14-30/h1-24,36-39,45H,25-29H2/t36-,37-,38+,39-,41-/m1/s1. The molecule has 1 N–H and O–H groups in total. The maximum Gasteiger partial charge on any atom is 0.328 e. The third-order valence-corrected chi connectivity index (χ3v) is 8.85. The highest BCUT2D eigenvalue weighted by Crippen LogP contribution is 2.49. The molecule has 0 saturated carbocycles. The number of aliphatic hydroxyl groups is 1. The summed E-state index contributed by atoms with van der Waals surface area (Å²) < 4.78 is 65.5. The maximum atomic E-state index is 17.0. The quantitative estimate of drug-likeness (QED) is 0.118. The molecule has 5 atom stereocenters. The van der Waals surface area contributed by atoms with Gasteiger partial charge in [0.05, 0.1) is 33.0 Å². The molecule has 0 aliphatic carbocycles. The first kappa shape index (κ1) is 35.8. The lowest BCUT2D eigenvalue weighted by atomic mass is 9.85. The zero-order chi connectivity index (χ0) is 34.8. The Labute approximate surface area is 296 Å². The Kier molecular flexibility index (Phi) is 12.0. The van der Waals surface area contributed by atoms with Crippen LogP contribution in [0.25, 0.3) is 0 Å². The minimum absolute atomic E-state index is 0.0299. The molecule has 0 bridgehead atoms. The van der Waals surface area contributed by atoms with Crippen molar-refractivity contribution >= 4 is 11.6 Å². The molecule has 5 aromatic rings. The van der Waals surface area contributed by atoms with Crippen LogP contribution in [-0.2, 0) is 56.0 Å². The van der Waals surface area contributed by atoms with Crippen LogP contribution < -0.4 is 0 Å². The average molecular weight is 701 g/mol. The van der Waals surface area contributed by atoms with E-state index in [0.717, 1.165) is 28.8 Å². The fourth-order valence-electron chi connectivity index (χ4n) is 5.97. The zero-order valence-corrected chi connectivity index (χ0v) is 28.1. The minimum Gasteiger partial charge on any atom is -0.374 e. The van der Waals surface area contributed by atoms with Crippen molar-refractivity contribution in [2.75, 3.05) is 6.61 Å². The van der Waals surface area contributed by atoms with Crippen molar-refractivity contribution in [1.29, 1.82) is 0 Å². The van der Waals surface area contributed by atoms with Gasteiger partial charge in [0.15, 0.2) is 0 Å². The fraction of sp³-hybridized carbons (Fsp3) is 0.268. The summed E-state index contributed by atoms with van der Waals surface area (Å²) in [4.78, 5) is 0. The Hall–Kier alpha value is -3.99. The van der Waals surface area contributed by atoms with E-state index in [1.54, 1.807) is 0 Å². The second-order valence-corrected chi connectivity index (χ2v) is 12.6. The summed E-state index contributed by atoms with van der Waals surface area (Å²) in [6, 6.07) is 42.4. The minimum atomic E-state index is -4.00. The SMILES string of the molecule is O[C@@]1(C(F)(F)c2ccc(Cl)cc2)O[C@H](COCc2ccccc2)[C@@H](OCc2ccccc2)[C@H](OCc2ccccc2)[C@H]1OCc1ccccc1. The second-order valence-electron chi connectivity index (χ2n) is 12.2. The van der Waals surface area contributed by atoms with E-state index >= 15 is 8.78 Å². The number of alkyl halides is 2. The molecule has 50 heavy (non-hydrogen) atoms. The molecule has 1 aliphatic rings. The van der Waals surface area contributed by atoms with Crippen molar-refractivity contribution in [1.82, 2.24) is 0 Å². The number of hydrogen-bond acceptors (Lipinski definition) is 6. The van der Waals surface area contributed by atoms with Crippen LogP contribution in [0.1, 0.15) is 27.8 Å². The van der Waals surface area contributed by atoms with Crippen LogP contribution in [0.3, 0.4) is 0 Å². The van der Waals surface area contributed by atoms with E-state index in [2.05, 4.69) is 0 Å². The number of ether oxygens (including phenoxy) is 5. The first-order chi connectivity index (χ1) is 24.3. The van der Waals surface area contributed by atoms with Crippen molar-refractivity contribution < 1.29 is 37.6 Å². The Balaban J connectivity index is 1.41. The maximum absolute atomic E-state index is 17.0. The molecule has 0 unspecified atom stereocenters. The van der Waals surface area contributed by atoms with Gasteiger partial charge in [-0.15, -0.1) is 0 Å². The van der Waals surface area contributed by atoms with Gasteiger partial charge in [0, 0.05) is 10.6 Å². The number of rotatable bonds is 15. The summed E-state index contributed by atoms with van der Waals surface area (Å²) in [5.74, 6) is -7.24. The fourth-order valence-corrected chi connectivity index (χ4v) is 6.10. The van der Waals surface area contributed by atoms with Crippen LogP contribution in [0.2, 0.25) is 5.02 Å². The van der Waals surface area contributed by atoms with Crippen LogP contribution in [0.15, 0.2) is 146 Å². The predicted molar refractivity (Wildman–Crippen MR) is 186 cm³/mol. The van der Waals surface area contributed by atoms with Crippen molar-refractivity contribution in [2.45, 2.75) is 62.6 Å². The van der Waals surface area contributed by atoms with E-state index in [0.29, 0.717) is 5.56 Å². The molecule has 6 nitrogen and oxygen atoms in total. The van der Waals surface area contributed by atoms with Crippen molar-refractivity contribution in [3.63, 3.8) is 0 Å². The van der Waals surface area contributed by atoms with Gasteiger partial charge in [0.1, 0.15) is 24.4 Å². The van der Waals surface area contributed by atoms with Gasteiger partial charge in [0.2, 0.25) is 0 Å². The number of benzene rings is 5. The summed E-state index contributed by atoms with van der Waals surface area (Å²) in [6.07, 6.45) is -5.19. The summed E-state index contributed by atoms with van der Waals surface area (Å²) >= 11 is 6.07. The van der Waals surface area contributed by atoms with E-state index in [1.165, 1.54) is 12.1 Å². The molecule has 1 aliphatic heterocycles. The topological polar surface area (TPSA) is 66.4 Å². The van der Waals surface area contributed by atoms with E-state index in [4.69, 9.17) is 35.3 Å². The summed E-state index contributed by atoms with van der Waals surface area (Å²) in [6.45, 7) is 0.0277. The Morgan fingerprint density at radius 1 is 0.580 bits per heavy atom. The first-order valence-corrected chi connectivity index (χ1v) is 16.8. The second kappa shape index (κ2) is 16.8. The van der Waals surface area contributed by atoms with Gasteiger partial charge < -0.3 is 28.8 Å². The lowest BCUT2D eigenvalue weighted by Gasteiger charge is -2.52. The molecule has 1 heterocycles. The number of hydrogen-bond donors (Lipinski definition) is 1. The van der Waals surface area contributed by atoms with Crippen molar-refractivity contribution in [3.8, 4) is 0 Å². The van der Waals surface area contributed by atoms with Crippen LogP contribution in [0, 0.1) is 0 Å². The van der Waals surface area contributed by atoms with Crippen molar-refractivity contribution in [2.24, 2.45) is 0 Å². The third kappa shape index (κ3) is 8.65. The molecule has 5 aromatic carbocycles. The van der Waals surface area contributed by atoms with Crippen LogP contribution in [0.5, 0.6) is 0 Å². The van der Waals surface area contributed by atoms with Gasteiger partial charge in [-0.3, -0.25) is 0 Å². The molecule has 0 spiro atoms. The highest BCUT2D eigenvalue weighted by molar-refractivity contribution is 6.30. The van der Waals surface area contributed by atoms with Gasteiger partial charge in [-0.05, 0) is 34.4 Å². The molecule has 1 saturated heterocycles. The Bertz CT molecular complexity index is 1730. The van der Waals surface area contributed by atoms with E-state index in [1.807, 2.05) is 121 Å². The van der Waals surface area contributed by atoms with Crippen LogP contribution >= 0.6 is 11.6 Å². The van der Waals surface area contributed by atoms with E-state index in [-0.39, 0.29) is 38.1 Å².